The molecule has 1 N–H and O–H groups in total. The molecule has 31 heavy (non-hydrogen) atoms. The highest BCUT2D eigenvalue weighted by Crippen LogP contribution is 2.30. The normalized spacial score (nSPS) is 20.6. The van der Waals surface area contributed by atoms with Crippen molar-refractivity contribution in [3.8, 4) is 0 Å². The zero-order valence-corrected chi connectivity index (χ0v) is 19.0. The summed E-state index contributed by atoms with van der Waals surface area (Å²) in [5.41, 5.74) is 0.903. The number of nitrogens with one attached hydrogen (secondary N) is 1. The van der Waals surface area contributed by atoms with Crippen molar-refractivity contribution in [2.24, 2.45) is 5.10 Å². The molecule has 8 nitrogen and oxygen atoms in total. The van der Waals surface area contributed by atoms with Gasteiger partial charge in [0, 0.05) is 12.6 Å². The number of hydrogen-bond donors (Lipinski definition) is 1. The van der Waals surface area contributed by atoms with Crippen molar-refractivity contribution in [1.82, 2.24) is 10.3 Å². The number of benzene rings is 1. The molecule has 10 heteroatoms. The van der Waals surface area contributed by atoms with Gasteiger partial charge < -0.3 is 19.7 Å². The Hall–Kier alpha value is -2.62. The number of rotatable bonds is 5. The predicted molar refractivity (Wildman–Crippen MR) is 123 cm³/mol. The molecular formula is C21H30FN5O3S. The second kappa shape index (κ2) is 10.6. The van der Waals surface area contributed by atoms with Crippen molar-refractivity contribution >= 4 is 41.2 Å². The van der Waals surface area contributed by atoms with E-state index in [0.717, 1.165) is 6.54 Å². The minimum absolute atomic E-state index is 0.231. The third-order valence-corrected chi connectivity index (χ3v) is 5.80. The van der Waals surface area contributed by atoms with E-state index in [1.165, 1.54) is 37.3 Å². The van der Waals surface area contributed by atoms with Crippen LogP contribution in [0.25, 0.3) is 0 Å². The zero-order valence-electron chi connectivity index (χ0n) is 18.2. The Labute approximate surface area is 188 Å². The molecule has 170 valence electrons. The average molecular weight is 452 g/mol. The van der Waals surface area contributed by atoms with Crippen LogP contribution in [-0.2, 0) is 9.47 Å². The molecule has 1 aromatic rings. The number of halogens is 1. The van der Waals surface area contributed by atoms with Crippen molar-refractivity contribution in [3.63, 3.8) is 0 Å². The maximum absolute atomic E-state index is 14.8. The number of hydrazone groups is 1. The monoisotopic (exact) mass is 451 g/mol. The third kappa shape index (κ3) is 5.36. The van der Waals surface area contributed by atoms with Gasteiger partial charge in [-0.2, -0.15) is 5.10 Å². The maximum atomic E-state index is 14.8. The van der Waals surface area contributed by atoms with Gasteiger partial charge in [0.1, 0.15) is 18.3 Å². The van der Waals surface area contributed by atoms with Crippen LogP contribution in [0.2, 0.25) is 0 Å². The van der Waals surface area contributed by atoms with Gasteiger partial charge in [0.05, 0.1) is 38.1 Å². The topological polar surface area (TPSA) is 69.6 Å². The molecular weight excluding hydrogens is 421 g/mol. The van der Waals surface area contributed by atoms with E-state index in [0.29, 0.717) is 37.1 Å². The summed E-state index contributed by atoms with van der Waals surface area (Å²) in [6.07, 6.45) is 4.39. The fourth-order valence-corrected chi connectivity index (χ4v) is 3.69. The lowest BCUT2D eigenvalue weighted by Gasteiger charge is -2.39. The first-order valence-electron chi connectivity index (χ1n) is 10.7. The summed E-state index contributed by atoms with van der Waals surface area (Å²) in [5, 5.41) is 9.65. The first-order chi connectivity index (χ1) is 15.0. The van der Waals surface area contributed by atoms with Crippen LogP contribution < -0.4 is 15.1 Å². The highest BCUT2D eigenvalue weighted by atomic mass is 32.1. The largest absolute Gasteiger partial charge is 0.474 e. The van der Waals surface area contributed by atoms with E-state index in [1.54, 1.807) is 23.4 Å². The van der Waals surface area contributed by atoms with Crippen LogP contribution in [0.5, 0.6) is 0 Å². The average Bonchev–Trinajstić information content (AvgIpc) is 3.13. The number of methoxy groups -OCH3 is 1. The summed E-state index contributed by atoms with van der Waals surface area (Å²) in [6, 6.07) is 5.29. The zero-order chi connectivity index (χ0) is 22.4. The van der Waals surface area contributed by atoms with E-state index in [4.69, 9.17) is 21.7 Å². The van der Waals surface area contributed by atoms with Crippen molar-refractivity contribution in [1.29, 1.82) is 0 Å². The summed E-state index contributed by atoms with van der Waals surface area (Å²) in [7, 11) is 1.46. The Bertz CT molecular complexity index is 820. The number of carbonyl (C=O) groups excluding carboxylic acids is 1. The summed E-state index contributed by atoms with van der Waals surface area (Å²) in [6.45, 7) is 6.09. The number of anilines is 2. The first-order valence-corrected chi connectivity index (χ1v) is 11.1. The minimum Gasteiger partial charge on any atom is -0.474 e. The molecule has 0 spiro atoms. The molecule has 0 bridgehead atoms. The fraction of sp³-hybridized carbons (Fsp3) is 0.571. The van der Waals surface area contributed by atoms with Gasteiger partial charge in [0.2, 0.25) is 0 Å². The summed E-state index contributed by atoms with van der Waals surface area (Å²) < 4.78 is 25.0. The molecule has 0 radical (unpaired) electrons. The SMILES string of the molecule is CC.COC(=S)NCC1CN(c2ccc(N3C=NN(C4CCC4)CC3)c(F)c2)C(=O)O1. The summed E-state index contributed by atoms with van der Waals surface area (Å²) in [4.78, 5) is 15.4. The van der Waals surface area contributed by atoms with Gasteiger partial charge >= 0.3 is 6.09 Å². The number of cyclic esters (lactones) is 1. The van der Waals surface area contributed by atoms with Gasteiger partial charge in [0.15, 0.2) is 0 Å². The number of thiocarbonyl (C=S) groups is 1. The lowest BCUT2D eigenvalue weighted by atomic mass is 9.92. The number of amides is 1. The van der Waals surface area contributed by atoms with Gasteiger partial charge in [-0.1, -0.05) is 13.8 Å². The Morgan fingerprint density at radius 3 is 2.71 bits per heavy atom. The second-order valence-electron chi connectivity index (χ2n) is 7.30. The highest BCUT2D eigenvalue weighted by molar-refractivity contribution is 7.80. The van der Waals surface area contributed by atoms with Crippen molar-refractivity contribution < 1.29 is 18.7 Å². The fourth-order valence-electron chi connectivity index (χ4n) is 3.60. The summed E-state index contributed by atoms with van der Waals surface area (Å²) >= 11 is 4.91. The van der Waals surface area contributed by atoms with Gasteiger partial charge in [-0.15, -0.1) is 0 Å². The molecule has 1 aliphatic carbocycles. The molecule has 2 heterocycles. The maximum Gasteiger partial charge on any atom is 0.414 e. The van der Waals surface area contributed by atoms with Gasteiger partial charge in [-0.3, -0.25) is 9.91 Å². The van der Waals surface area contributed by atoms with Gasteiger partial charge in [0.25, 0.3) is 5.17 Å². The first kappa shape index (κ1) is 23.1. The van der Waals surface area contributed by atoms with Crippen LogP contribution in [-0.4, -0.2) is 68.0 Å². The predicted octanol–water partition coefficient (Wildman–Crippen LogP) is 3.32. The van der Waals surface area contributed by atoms with Crippen molar-refractivity contribution in [3.05, 3.63) is 24.0 Å². The molecule has 0 aromatic heterocycles. The Morgan fingerprint density at radius 1 is 1.35 bits per heavy atom. The number of carbonyl (C=O) groups is 1. The second-order valence-corrected chi connectivity index (χ2v) is 7.67. The molecule has 1 amide bonds. The molecule has 1 unspecified atom stereocenters. The van der Waals surface area contributed by atoms with Gasteiger partial charge in [-0.25, -0.2) is 9.18 Å². The molecule has 1 saturated carbocycles. The van der Waals surface area contributed by atoms with E-state index in [2.05, 4.69) is 15.4 Å². The van der Waals surface area contributed by atoms with Crippen LogP contribution >= 0.6 is 12.2 Å². The van der Waals surface area contributed by atoms with E-state index in [-0.39, 0.29) is 5.17 Å². The number of hydrogen-bond acceptors (Lipinski definition) is 7. The van der Waals surface area contributed by atoms with Crippen molar-refractivity contribution in [2.45, 2.75) is 45.3 Å². The van der Waals surface area contributed by atoms with E-state index < -0.39 is 18.0 Å². The van der Waals surface area contributed by atoms with E-state index in [1.807, 2.05) is 13.8 Å². The standard InChI is InChI=1S/C19H24FN5O3S.C2H6/c1-27-18(29)21-10-15-11-24(19(26)28-15)14-5-6-17(16(20)9-14)23-7-8-25(22-12-23)13-3-2-4-13;1-2/h5-6,9,12-13,15H,2-4,7-8,10-11H2,1H3,(H,21,29);1-2H3. The van der Waals surface area contributed by atoms with E-state index in [9.17, 15) is 9.18 Å². The molecule has 2 fully saturated rings. The quantitative estimate of drug-likeness (QED) is 0.689. The molecule has 2 aliphatic heterocycles. The van der Waals surface area contributed by atoms with Crippen LogP contribution in [0.15, 0.2) is 23.3 Å². The number of ether oxygens (including phenoxy) is 2. The lowest BCUT2D eigenvalue weighted by molar-refractivity contribution is 0.132. The van der Waals surface area contributed by atoms with E-state index >= 15 is 0 Å². The Morgan fingerprint density at radius 2 is 2.13 bits per heavy atom. The van der Waals surface area contributed by atoms with Crippen LogP contribution in [0.4, 0.5) is 20.6 Å². The van der Waals surface area contributed by atoms with Crippen LogP contribution in [0.1, 0.15) is 33.1 Å². The smallest absolute Gasteiger partial charge is 0.414 e. The van der Waals surface area contributed by atoms with Crippen molar-refractivity contribution in [2.75, 3.05) is 43.1 Å². The molecule has 1 saturated heterocycles. The van der Waals surface area contributed by atoms with Gasteiger partial charge in [-0.05, 0) is 49.7 Å². The molecule has 1 aromatic carbocycles. The molecule has 1 atom stereocenters. The molecule has 4 rings (SSSR count). The number of nitrogens with zero attached hydrogens (tertiary/aromatic N) is 4. The lowest BCUT2D eigenvalue weighted by Crippen LogP contribution is -2.45. The van der Waals surface area contributed by atoms with Crippen LogP contribution in [0, 0.1) is 5.82 Å². The summed E-state index contributed by atoms with van der Waals surface area (Å²) in [5.74, 6) is -0.402. The van der Waals surface area contributed by atoms with Crippen LogP contribution in [0.3, 0.4) is 0 Å². The third-order valence-electron chi connectivity index (χ3n) is 5.49. The highest BCUT2D eigenvalue weighted by Gasteiger charge is 2.33. The molecule has 3 aliphatic rings. The Balaban J connectivity index is 0.00000132. The minimum atomic E-state index is -0.511. The Kier molecular flexibility index (Phi) is 7.89.